The summed E-state index contributed by atoms with van der Waals surface area (Å²) in [6.07, 6.45) is 0.900. The fourth-order valence-corrected chi connectivity index (χ4v) is 1.62. The fourth-order valence-electron chi connectivity index (χ4n) is 1.62. The molecule has 0 fully saturated rings. The van der Waals surface area contributed by atoms with E-state index in [2.05, 4.69) is 26.1 Å². The predicted octanol–water partition coefficient (Wildman–Crippen LogP) is 3.29. The number of halogens is 1. The molecule has 3 heteroatoms. The monoisotopic (exact) mass is 239 g/mol. The van der Waals surface area contributed by atoms with Crippen molar-refractivity contribution in [2.24, 2.45) is 0 Å². The van der Waals surface area contributed by atoms with Crippen molar-refractivity contribution in [3.8, 4) is 5.75 Å². The maximum Gasteiger partial charge on any atom is 0.123 e. The van der Waals surface area contributed by atoms with Crippen LogP contribution >= 0.6 is 0 Å². The van der Waals surface area contributed by atoms with Crippen molar-refractivity contribution in [3.63, 3.8) is 0 Å². The average Bonchev–Trinajstić information content (AvgIpc) is 2.30. The van der Waals surface area contributed by atoms with Gasteiger partial charge in [-0.2, -0.15) is 0 Å². The number of aryl methyl sites for hydroxylation is 1. The molecule has 1 aromatic carbocycles. The normalized spacial score (nSPS) is 14.4. The SMILES string of the molecule is CCNCC(C)(CC)Oc1ccc(F)cc1C. The van der Waals surface area contributed by atoms with Crippen LogP contribution in [0.4, 0.5) is 4.39 Å². The van der Waals surface area contributed by atoms with Gasteiger partial charge >= 0.3 is 0 Å². The Morgan fingerprint density at radius 1 is 1.35 bits per heavy atom. The summed E-state index contributed by atoms with van der Waals surface area (Å²) in [6, 6.07) is 4.63. The smallest absolute Gasteiger partial charge is 0.123 e. The second-order valence-electron chi connectivity index (χ2n) is 4.60. The molecule has 1 N–H and O–H groups in total. The highest BCUT2D eigenvalue weighted by Gasteiger charge is 2.24. The van der Waals surface area contributed by atoms with Crippen molar-refractivity contribution in [2.45, 2.75) is 39.7 Å². The third-order valence-corrected chi connectivity index (χ3v) is 2.99. The number of hydrogen-bond donors (Lipinski definition) is 1. The van der Waals surface area contributed by atoms with Crippen LogP contribution in [-0.2, 0) is 0 Å². The van der Waals surface area contributed by atoms with Crippen LogP contribution in [0.25, 0.3) is 0 Å². The molecule has 1 unspecified atom stereocenters. The quantitative estimate of drug-likeness (QED) is 0.822. The lowest BCUT2D eigenvalue weighted by molar-refractivity contribution is 0.0832. The zero-order valence-electron chi connectivity index (χ0n) is 11.1. The number of benzene rings is 1. The van der Waals surface area contributed by atoms with Crippen LogP contribution < -0.4 is 10.1 Å². The number of likely N-dealkylation sites (N-methyl/N-ethyl adjacent to an activating group) is 1. The molecule has 0 bridgehead atoms. The molecule has 2 nitrogen and oxygen atoms in total. The summed E-state index contributed by atoms with van der Waals surface area (Å²) >= 11 is 0. The van der Waals surface area contributed by atoms with E-state index in [1.165, 1.54) is 12.1 Å². The zero-order valence-corrected chi connectivity index (χ0v) is 11.1. The van der Waals surface area contributed by atoms with Gasteiger partial charge in [0.15, 0.2) is 0 Å². The fraction of sp³-hybridized carbons (Fsp3) is 0.571. The Bertz CT molecular complexity index is 367. The van der Waals surface area contributed by atoms with Gasteiger partial charge in [-0.1, -0.05) is 13.8 Å². The van der Waals surface area contributed by atoms with E-state index < -0.39 is 0 Å². The van der Waals surface area contributed by atoms with E-state index >= 15 is 0 Å². The van der Waals surface area contributed by atoms with E-state index in [1.54, 1.807) is 6.07 Å². The lowest BCUT2D eigenvalue weighted by atomic mass is 10.0. The minimum absolute atomic E-state index is 0.222. The van der Waals surface area contributed by atoms with Crippen molar-refractivity contribution < 1.29 is 9.13 Å². The van der Waals surface area contributed by atoms with E-state index in [0.29, 0.717) is 0 Å². The Kier molecular flexibility index (Phi) is 4.94. The molecule has 0 amide bonds. The molecule has 0 saturated heterocycles. The molecular formula is C14H22FNO. The number of ether oxygens (including phenoxy) is 1. The molecule has 17 heavy (non-hydrogen) atoms. The largest absolute Gasteiger partial charge is 0.486 e. The first-order chi connectivity index (χ1) is 8.00. The highest BCUT2D eigenvalue weighted by molar-refractivity contribution is 5.33. The lowest BCUT2D eigenvalue weighted by Gasteiger charge is -2.30. The van der Waals surface area contributed by atoms with Gasteiger partial charge in [-0.05, 0) is 50.6 Å². The van der Waals surface area contributed by atoms with Crippen LogP contribution in [0.3, 0.4) is 0 Å². The highest BCUT2D eigenvalue weighted by Crippen LogP contribution is 2.25. The van der Waals surface area contributed by atoms with Gasteiger partial charge in [-0.3, -0.25) is 0 Å². The molecule has 0 radical (unpaired) electrons. The lowest BCUT2D eigenvalue weighted by Crippen LogP contribution is -2.42. The Morgan fingerprint density at radius 2 is 2.06 bits per heavy atom. The maximum absolute atomic E-state index is 13.0. The maximum atomic E-state index is 13.0. The van der Waals surface area contributed by atoms with E-state index in [1.807, 2.05) is 6.92 Å². The summed E-state index contributed by atoms with van der Waals surface area (Å²) in [7, 11) is 0. The summed E-state index contributed by atoms with van der Waals surface area (Å²) in [5.41, 5.74) is 0.583. The van der Waals surface area contributed by atoms with Gasteiger partial charge in [0, 0.05) is 6.54 Å². The van der Waals surface area contributed by atoms with Gasteiger partial charge in [-0.25, -0.2) is 4.39 Å². The third kappa shape index (κ3) is 4.00. The van der Waals surface area contributed by atoms with E-state index in [0.717, 1.165) is 30.8 Å². The second kappa shape index (κ2) is 6.01. The first kappa shape index (κ1) is 14.0. The number of nitrogens with one attached hydrogen (secondary N) is 1. The van der Waals surface area contributed by atoms with Crippen LogP contribution in [-0.4, -0.2) is 18.7 Å². The molecule has 1 rings (SSSR count). The summed E-state index contributed by atoms with van der Waals surface area (Å²) in [6.45, 7) is 9.80. The molecule has 96 valence electrons. The average molecular weight is 239 g/mol. The summed E-state index contributed by atoms with van der Waals surface area (Å²) < 4.78 is 19.0. The van der Waals surface area contributed by atoms with Crippen molar-refractivity contribution in [1.29, 1.82) is 0 Å². The molecular weight excluding hydrogens is 217 g/mol. The standard InChI is InChI=1S/C14H22FNO/c1-5-14(4,10-16-6-2)17-13-8-7-12(15)9-11(13)3/h7-9,16H,5-6,10H2,1-4H3. The highest BCUT2D eigenvalue weighted by atomic mass is 19.1. The van der Waals surface area contributed by atoms with E-state index in [9.17, 15) is 4.39 Å². The Labute approximate surface area is 103 Å². The van der Waals surface area contributed by atoms with Crippen molar-refractivity contribution in [1.82, 2.24) is 5.32 Å². The minimum Gasteiger partial charge on any atom is -0.486 e. The molecule has 0 spiro atoms. The van der Waals surface area contributed by atoms with Crippen molar-refractivity contribution in [3.05, 3.63) is 29.6 Å². The van der Waals surface area contributed by atoms with Gasteiger partial charge in [0.25, 0.3) is 0 Å². The first-order valence-electron chi connectivity index (χ1n) is 6.16. The molecule has 0 aliphatic carbocycles. The summed E-state index contributed by atoms with van der Waals surface area (Å²) in [5, 5.41) is 3.29. The first-order valence-corrected chi connectivity index (χ1v) is 6.16. The number of rotatable bonds is 6. The van der Waals surface area contributed by atoms with E-state index in [4.69, 9.17) is 4.74 Å². The topological polar surface area (TPSA) is 21.3 Å². The Hall–Kier alpha value is -1.09. The van der Waals surface area contributed by atoms with E-state index in [-0.39, 0.29) is 11.4 Å². The molecule has 0 aromatic heterocycles. The molecule has 0 saturated carbocycles. The van der Waals surface area contributed by atoms with Gasteiger partial charge in [0.2, 0.25) is 0 Å². The number of hydrogen-bond acceptors (Lipinski definition) is 2. The molecule has 0 aliphatic heterocycles. The Morgan fingerprint density at radius 3 is 2.59 bits per heavy atom. The van der Waals surface area contributed by atoms with Crippen LogP contribution in [0.5, 0.6) is 5.75 Å². The Balaban J connectivity index is 2.79. The summed E-state index contributed by atoms with van der Waals surface area (Å²) in [5.74, 6) is 0.536. The zero-order chi connectivity index (χ0) is 12.9. The van der Waals surface area contributed by atoms with Crippen LogP contribution in [0.1, 0.15) is 32.8 Å². The van der Waals surface area contributed by atoms with Crippen LogP contribution in [0, 0.1) is 12.7 Å². The van der Waals surface area contributed by atoms with Gasteiger partial charge in [0.05, 0.1) is 0 Å². The predicted molar refractivity (Wildman–Crippen MR) is 69.0 cm³/mol. The van der Waals surface area contributed by atoms with Gasteiger partial charge in [0.1, 0.15) is 17.2 Å². The van der Waals surface area contributed by atoms with Gasteiger partial charge < -0.3 is 10.1 Å². The molecule has 0 heterocycles. The van der Waals surface area contributed by atoms with Crippen molar-refractivity contribution in [2.75, 3.05) is 13.1 Å². The van der Waals surface area contributed by atoms with Crippen LogP contribution in [0.2, 0.25) is 0 Å². The second-order valence-corrected chi connectivity index (χ2v) is 4.60. The van der Waals surface area contributed by atoms with Crippen LogP contribution in [0.15, 0.2) is 18.2 Å². The van der Waals surface area contributed by atoms with Crippen molar-refractivity contribution >= 4 is 0 Å². The summed E-state index contributed by atoms with van der Waals surface area (Å²) in [4.78, 5) is 0. The third-order valence-electron chi connectivity index (χ3n) is 2.99. The minimum atomic E-state index is -0.251. The van der Waals surface area contributed by atoms with Gasteiger partial charge in [-0.15, -0.1) is 0 Å². The molecule has 0 aliphatic rings. The molecule has 1 atom stereocenters. The molecule has 1 aromatic rings.